The Labute approximate surface area is 125 Å². The summed E-state index contributed by atoms with van der Waals surface area (Å²) in [5, 5.41) is 13.0. The van der Waals surface area contributed by atoms with E-state index in [2.05, 4.69) is 5.32 Å². The van der Waals surface area contributed by atoms with Crippen LogP contribution in [0.1, 0.15) is 34.1 Å². The van der Waals surface area contributed by atoms with Crippen molar-refractivity contribution in [2.75, 3.05) is 12.4 Å². The van der Waals surface area contributed by atoms with Crippen molar-refractivity contribution < 1.29 is 19.4 Å². The van der Waals surface area contributed by atoms with Crippen LogP contribution in [-0.4, -0.2) is 34.9 Å². The van der Waals surface area contributed by atoms with Crippen LogP contribution in [0.5, 0.6) is 5.75 Å². The van der Waals surface area contributed by atoms with E-state index in [-0.39, 0.29) is 0 Å². The normalized spacial score (nSPS) is 26.3. The van der Waals surface area contributed by atoms with Crippen molar-refractivity contribution >= 4 is 11.7 Å². The number of carboxylic acids is 1. The topological polar surface area (TPSA) is 67.8 Å². The van der Waals surface area contributed by atoms with E-state index in [9.17, 15) is 9.90 Å². The Hall–Kier alpha value is -1.75. The first-order valence-corrected chi connectivity index (χ1v) is 6.98. The summed E-state index contributed by atoms with van der Waals surface area (Å²) in [6, 6.07) is 7.29. The number of para-hydroxylation sites is 2. The third kappa shape index (κ3) is 2.58. The van der Waals surface area contributed by atoms with Crippen LogP contribution in [-0.2, 0) is 9.53 Å². The highest BCUT2D eigenvalue weighted by Crippen LogP contribution is 2.47. The fourth-order valence-electron chi connectivity index (χ4n) is 3.22. The van der Waals surface area contributed by atoms with Gasteiger partial charge >= 0.3 is 5.97 Å². The molecular weight excluding hydrogens is 270 g/mol. The summed E-state index contributed by atoms with van der Waals surface area (Å²) in [6.07, 6.45) is 0.361. The lowest BCUT2D eigenvalue weighted by Gasteiger charge is -2.37. The van der Waals surface area contributed by atoms with Crippen molar-refractivity contribution in [3.8, 4) is 5.75 Å². The molecule has 1 heterocycles. The number of anilines is 1. The molecule has 5 nitrogen and oxygen atoms in total. The zero-order valence-corrected chi connectivity index (χ0v) is 13.2. The van der Waals surface area contributed by atoms with Gasteiger partial charge in [0.2, 0.25) is 0 Å². The predicted molar refractivity (Wildman–Crippen MR) is 80.8 cm³/mol. The Bertz CT molecular complexity index is 553. The Morgan fingerprint density at radius 3 is 2.38 bits per heavy atom. The third-order valence-corrected chi connectivity index (χ3v) is 4.07. The lowest BCUT2D eigenvalue weighted by atomic mass is 9.78. The summed E-state index contributed by atoms with van der Waals surface area (Å²) in [5.41, 5.74) is -1.94. The van der Waals surface area contributed by atoms with Crippen LogP contribution in [0.4, 0.5) is 5.69 Å². The molecular formula is C16H23NO4. The van der Waals surface area contributed by atoms with Gasteiger partial charge in [-0.1, -0.05) is 12.1 Å². The molecule has 0 saturated carbocycles. The summed E-state index contributed by atoms with van der Waals surface area (Å²) in [4.78, 5) is 12.0. The minimum atomic E-state index is -1.22. The van der Waals surface area contributed by atoms with Crippen molar-refractivity contribution in [3.05, 3.63) is 24.3 Å². The minimum Gasteiger partial charge on any atom is -0.495 e. The molecule has 0 amide bonds. The van der Waals surface area contributed by atoms with Crippen molar-refractivity contribution in [1.29, 1.82) is 0 Å². The van der Waals surface area contributed by atoms with E-state index < -0.39 is 22.7 Å². The first-order chi connectivity index (χ1) is 9.63. The fourth-order valence-corrected chi connectivity index (χ4v) is 3.22. The van der Waals surface area contributed by atoms with Gasteiger partial charge < -0.3 is 19.9 Å². The van der Waals surface area contributed by atoms with Gasteiger partial charge in [-0.25, -0.2) is 4.79 Å². The average Bonchev–Trinajstić information content (AvgIpc) is 2.55. The van der Waals surface area contributed by atoms with Crippen molar-refractivity contribution in [1.82, 2.24) is 0 Å². The molecule has 0 bridgehead atoms. The first kappa shape index (κ1) is 15.6. The summed E-state index contributed by atoms with van der Waals surface area (Å²) in [6.45, 7) is 7.42. The van der Waals surface area contributed by atoms with E-state index in [1.54, 1.807) is 27.0 Å². The van der Waals surface area contributed by atoms with E-state index in [4.69, 9.17) is 9.47 Å². The highest BCUT2D eigenvalue weighted by atomic mass is 16.5. The summed E-state index contributed by atoms with van der Waals surface area (Å²) >= 11 is 0. The second-order valence-electron chi connectivity index (χ2n) is 6.58. The Morgan fingerprint density at radius 2 is 1.90 bits per heavy atom. The molecule has 0 spiro atoms. The van der Waals surface area contributed by atoms with E-state index in [0.29, 0.717) is 17.9 Å². The molecule has 2 rings (SSSR count). The van der Waals surface area contributed by atoms with Crippen molar-refractivity contribution in [2.45, 2.75) is 50.9 Å². The molecule has 0 radical (unpaired) electrons. The molecule has 1 unspecified atom stereocenters. The zero-order valence-electron chi connectivity index (χ0n) is 13.2. The average molecular weight is 293 g/mol. The van der Waals surface area contributed by atoms with E-state index in [1.165, 1.54) is 0 Å². The summed E-state index contributed by atoms with van der Waals surface area (Å²) < 4.78 is 11.3. The number of carboxylic acid groups (broad SMARTS) is 1. The maximum Gasteiger partial charge on any atom is 0.332 e. The molecule has 1 aromatic carbocycles. The monoisotopic (exact) mass is 293 g/mol. The second kappa shape index (κ2) is 4.91. The molecule has 116 valence electrons. The molecule has 1 fully saturated rings. The highest BCUT2D eigenvalue weighted by molar-refractivity contribution is 5.86. The third-order valence-electron chi connectivity index (χ3n) is 4.07. The molecule has 1 aromatic rings. The van der Waals surface area contributed by atoms with Crippen LogP contribution in [0.2, 0.25) is 0 Å². The van der Waals surface area contributed by atoms with Gasteiger partial charge in [0, 0.05) is 6.42 Å². The number of rotatable bonds is 4. The lowest BCUT2D eigenvalue weighted by molar-refractivity contribution is -0.149. The molecule has 0 aromatic heterocycles. The number of ether oxygens (including phenoxy) is 2. The molecule has 1 saturated heterocycles. The van der Waals surface area contributed by atoms with Gasteiger partial charge in [0.05, 0.1) is 24.0 Å². The molecule has 1 aliphatic rings. The van der Waals surface area contributed by atoms with Crippen LogP contribution in [0.3, 0.4) is 0 Å². The molecule has 5 heteroatoms. The quantitative estimate of drug-likeness (QED) is 0.893. The van der Waals surface area contributed by atoms with Crippen LogP contribution in [0, 0.1) is 0 Å². The van der Waals surface area contributed by atoms with Gasteiger partial charge in [-0.15, -0.1) is 0 Å². The maximum atomic E-state index is 12.0. The predicted octanol–water partition coefficient (Wildman–Crippen LogP) is 2.91. The smallest absolute Gasteiger partial charge is 0.332 e. The Kier molecular flexibility index (Phi) is 3.66. The van der Waals surface area contributed by atoms with E-state index in [1.807, 2.05) is 32.0 Å². The van der Waals surface area contributed by atoms with Gasteiger partial charge in [0.25, 0.3) is 0 Å². The number of carbonyl (C=O) groups is 1. The Balaban J connectivity index is 2.48. The molecule has 1 aliphatic heterocycles. The van der Waals surface area contributed by atoms with Crippen LogP contribution < -0.4 is 10.1 Å². The fraction of sp³-hybridized carbons (Fsp3) is 0.562. The highest BCUT2D eigenvalue weighted by Gasteiger charge is 2.62. The number of hydrogen-bond acceptors (Lipinski definition) is 4. The van der Waals surface area contributed by atoms with Crippen molar-refractivity contribution in [3.63, 3.8) is 0 Å². The maximum absolute atomic E-state index is 12.0. The van der Waals surface area contributed by atoms with E-state index >= 15 is 0 Å². The standard InChI is InChI=1S/C16H23NO4/c1-14(2)10-16(13(18)19,15(3,4)21-14)17-11-8-6-7-9-12(11)20-5/h6-9,17H,10H2,1-5H3,(H,18,19). The van der Waals surface area contributed by atoms with Crippen LogP contribution in [0.15, 0.2) is 24.3 Å². The molecule has 2 N–H and O–H groups in total. The number of hydrogen-bond donors (Lipinski definition) is 2. The minimum absolute atomic E-state index is 0.361. The second-order valence-corrected chi connectivity index (χ2v) is 6.58. The van der Waals surface area contributed by atoms with Gasteiger partial charge in [0.15, 0.2) is 5.54 Å². The van der Waals surface area contributed by atoms with Gasteiger partial charge in [-0.05, 0) is 39.8 Å². The number of methoxy groups -OCH3 is 1. The van der Waals surface area contributed by atoms with Crippen LogP contribution >= 0.6 is 0 Å². The van der Waals surface area contributed by atoms with Crippen LogP contribution in [0.25, 0.3) is 0 Å². The summed E-state index contributed by atoms with van der Waals surface area (Å²) in [7, 11) is 1.56. The number of aliphatic carboxylic acids is 1. The molecule has 1 atom stereocenters. The first-order valence-electron chi connectivity index (χ1n) is 6.98. The van der Waals surface area contributed by atoms with Gasteiger partial charge in [0.1, 0.15) is 5.75 Å². The molecule has 0 aliphatic carbocycles. The summed E-state index contributed by atoms with van der Waals surface area (Å²) in [5.74, 6) is -0.317. The molecule has 21 heavy (non-hydrogen) atoms. The zero-order chi connectivity index (χ0) is 15.9. The Morgan fingerprint density at radius 1 is 1.29 bits per heavy atom. The number of nitrogens with one attached hydrogen (secondary N) is 1. The van der Waals surface area contributed by atoms with Crippen molar-refractivity contribution in [2.24, 2.45) is 0 Å². The van der Waals surface area contributed by atoms with Gasteiger partial charge in [-0.2, -0.15) is 0 Å². The lowest BCUT2D eigenvalue weighted by Crippen LogP contribution is -2.58. The largest absolute Gasteiger partial charge is 0.495 e. The SMILES string of the molecule is COc1ccccc1NC1(C(=O)O)CC(C)(C)OC1(C)C. The number of benzene rings is 1. The van der Waals surface area contributed by atoms with Gasteiger partial charge in [-0.3, -0.25) is 0 Å². The van der Waals surface area contributed by atoms with E-state index in [0.717, 1.165) is 0 Å².